The Kier molecular flexibility index (Phi) is 4.46. The van der Waals surface area contributed by atoms with Crippen molar-refractivity contribution in [3.8, 4) is 6.07 Å². The molecule has 2 aromatic rings. The van der Waals surface area contributed by atoms with Crippen molar-refractivity contribution in [3.63, 3.8) is 0 Å². The van der Waals surface area contributed by atoms with E-state index in [2.05, 4.69) is 10.3 Å². The standard InChI is InChI=1S/C16H15N3O/c1-12(14-8-5-9-18-11-14)19-16(20)15(10-17)13-6-3-2-4-7-13/h2-9,11-12,15H,1H3,(H,19,20). The molecule has 1 amide bonds. The summed E-state index contributed by atoms with van der Waals surface area (Å²) in [4.78, 5) is 16.2. The van der Waals surface area contributed by atoms with E-state index in [9.17, 15) is 10.1 Å². The summed E-state index contributed by atoms with van der Waals surface area (Å²) in [7, 11) is 0. The van der Waals surface area contributed by atoms with Gasteiger partial charge in [-0.3, -0.25) is 9.78 Å². The number of nitrogens with zero attached hydrogens (tertiary/aromatic N) is 2. The first-order valence-corrected chi connectivity index (χ1v) is 6.37. The van der Waals surface area contributed by atoms with Crippen molar-refractivity contribution in [3.05, 3.63) is 66.0 Å². The molecule has 0 saturated carbocycles. The molecule has 1 aromatic carbocycles. The fourth-order valence-corrected chi connectivity index (χ4v) is 1.94. The van der Waals surface area contributed by atoms with Crippen molar-refractivity contribution in [2.24, 2.45) is 0 Å². The van der Waals surface area contributed by atoms with Crippen molar-refractivity contribution >= 4 is 5.91 Å². The number of hydrogen-bond acceptors (Lipinski definition) is 3. The molecule has 0 aliphatic carbocycles. The van der Waals surface area contributed by atoms with Gasteiger partial charge in [0.25, 0.3) is 0 Å². The molecule has 1 N–H and O–H groups in total. The zero-order valence-electron chi connectivity index (χ0n) is 11.2. The number of amides is 1. The largest absolute Gasteiger partial charge is 0.348 e. The lowest BCUT2D eigenvalue weighted by atomic mass is 9.99. The van der Waals surface area contributed by atoms with Crippen LogP contribution in [0.5, 0.6) is 0 Å². The Hall–Kier alpha value is -2.67. The van der Waals surface area contributed by atoms with Crippen LogP contribution in [0, 0.1) is 11.3 Å². The molecule has 1 aromatic heterocycles. The lowest BCUT2D eigenvalue weighted by molar-refractivity contribution is -0.122. The van der Waals surface area contributed by atoms with Crippen LogP contribution in [0.4, 0.5) is 0 Å². The van der Waals surface area contributed by atoms with Crippen LogP contribution in [0.25, 0.3) is 0 Å². The number of carbonyl (C=O) groups excluding carboxylic acids is 1. The SMILES string of the molecule is CC(NC(=O)C(C#N)c1ccccc1)c1cccnc1. The van der Waals surface area contributed by atoms with Gasteiger partial charge in [-0.2, -0.15) is 5.26 Å². The summed E-state index contributed by atoms with van der Waals surface area (Å²) < 4.78 is 0. The maximum Gasteiger partial charge on any atom is 0.242 e. The van der Waals surface area contributed by atoms with Crippen molar-refractivity contribution in [1.82, 2.24) is 10.3 Å². The molecule has 0 fully saturated rings. The molecule has 20 heavy (non-hydrogen) atoms. The Labute approximate surface area is 118 Å². The van der Waals surface area contributed by atoms with Crippen LogP contribution in [0.1, 0.15) is 30.0 Å². The first-order chi connectivity index (χ1) is 9.72. The molecule has 100 valence electrons. The van der Waals surface area contributed by atoms with Gasteiger partial charge in [0.05, 0.1) is 12.1 Å². The van der Waals surface area contributed by atoms with E-state index in [4.69, 9.17) is 0 Å². The Morgan fingerprint density at radius 3 is 2.50 bits per heavy atom. The molecule has 0 saturated heterocycles. The van der Waals surface area contributed by atoms with Gasteiger partial charge in [-0.15, -0.1) is 0 Å². The summed E-state index contributed by atoms with van der Waals surface area (Å²) in [6.07, 6.45) is 3.38. The van der Waals surface area contributed by atoms with Crippen molar-refractivity contribution < 1.29 is 4.79 Å². The van der Waals surface area contributed by atoms with Crippen LogP contribution in [0.3, 0.4) is 0 Å². The highest BCUT2D eigenvalue weighted by Crippen LogP contribution is 2.17. The number of hydrogen-bond donors (Lipinski definition) is 1. The zero-order chi connectivity index (χ0) is 14.4. The maximum atomic E-state index is 12.2. The zero-order valence-corrected chi connectivity index (χ0v) is 11.2. The van der Waals surface area contributed by atoms with Crippen LogP contribution in [0.15, 0.2) is 54.9 Å². The van der Waals surface area contributed by atoms with Crippen molar-refractivity contribution in [2.75, 3.05) is 0 Å². The van der Waals surface area contributed by atoms with E-state index in [0.717, 1.165) is 5.56 Å². The summed E-state index contributed by atoms with van der Waals surface area (Å²) >= 11 is 0. The third-order valence-electron chi connectivity index (χ3n) is 3.07. The third-order valence-corrected chi connectivity index (χ3v) is 3.07. The predicted molar refractivity (Wildman–Crippen MR) is 75.6 cm³/mol. The van der Waals surface area contributed by atoms with E-state index in [1.165, 1.54) is 0 Å². The quantitative estimate of drug-likeness (QED) is 0.924. The Bertz CT molecular complexity index is 605. The molecule has 0 spiro atoms. The van der Waals surface area contributed by atoms with Crippen LogP contribution in [-0.4, -0.2) is 10.9 Å². The minimum Gasteiger partial charge on any atom is -0.348 e. The molecule has 0 aliphatic rings. The number of pyridine rings is 1. The maximum absolute atomic E-state index is 12.2. The summed E-state index contributed by atoms with van der Waals surface area (Å²) in [6, 6.07) is 14.6. The van der Waals surface area contributed by atoms with Crippen molar-refractivity contribution in [2.45, 2.75) is 18.9 Å². The molecule has 4 nitrogen and oxygen atoms in total. The average Bonchev–Trinajstić information content (AvgIpc) is 2.50. The fourth-order valence-electron chi connectivity index (χ4n) is 1.94. The number of nitriles is 1. The molecule has 2 rings (SSSR count). The van der Waals surface area contributed by atoms with Gasteiger partial charge in [-0.1, -0.05) is 36.4 Å². The normalized spacial score (nSPS) is 13.0. The minimum absolute atomic E-state index is 0.184. The highest BCUT2D eigenvalue weighted by molar-refractivity contribution is 5.86. The molecule has 1 heterocycles. The van der Waals surface area contributed by atoms with Gasteiger partial charge in [0, 0.05) is 12.4 Å². The smallest absolute Gasteiger partial charge is 0.242 e. The van der Waals surface area contributed by atoms with E-state index in [1.54, 1.807) is 24.5 Å². The highest BCUT2D eigenvalue weighted by Gasteiger charge is 2.21. The minimum atomic E-state index is -0.796. The van der Waals surface area contributed by atoms with Gasteiger partial charge in [0.15, 0.2) is 0 Å². The van der Waals surface area contributed by atoms with E-state index >= 15 is 0 Å². The van der Waals surface area contributed by atoms with Gasteiger partial charge in [-0.25, -0.2) is 0 Å². The molecular formula is C16H15N3O. The summed E-state index contributed by atoms with van der Waals surface area (Å²) in [5.41, 5.74) is 1.61. The monoisotopic (exact) mass is 265 g/mol. The summed E-state index contributed by atoms with van der Waals surface area (Å²) in [5.74, 6) is -1.09. The lowest BCUT2D eigenvalue weighted by Crippen LogP contribution is -2.31. The highest BCUT2D eigenvalue weighted by atomic mass is 16.1. The first-order valence-electron chi connectivity index (χ1n) is 6.37. The van der Waals surface area contributed by atoms with E-state index in [0.29, 0.717) is 5.56 Å². The Morgan fingerprint density at radius 2 is 1.90 bits per heavy atom. The second-order valence-electron chi connectivity index (χ2n) is 4.49. The van der Waals surface area contributed by atoms with E-state index < -0.39 is 5.92 Å². The molecule has 2 atom stereocenters. The van der Waals surface area contributed by atoms with Crippen molar-refractivity contribution in [1.29, 1.82) is 5.26 Å². The number of rotatable bonds is 4. The van der Waals surface area contributed by atoms with Gasteiger partial charge in [0.1, 0.15) is 5.92 Å². The number of carbonyl (C=O) groups is 1. The van der Waals surface area contributed by atoms with E-state index in [1.807, 2.05) is 43.3 Å². The summed E-state index contributed by atoms with van der Waals surface area (Å²) in [5, 5.41) is 12.1. The molecule has 2 unspecified atom stereocenters. The predicted octanol–water partition coefficient (Wildman–Crippen LogP) is 2.57. The average molecular weight is 265 g/mol. The second-order valence-corrected chi connectivity index (χ2v) is 4.49. The van der Waals surface area contributed by atoms with Crippen LogP contribution in [0.2, 0.25) is 0 Å². The second kappa shape index (κ2) is 6.48. The van der Waals surface area contributed by atoms with Crippen LogP contribution >= 0.6 is 0 Å². The number of aromatic nitrogens is 1. The molecular weight excluding hydrogens is 250 g/mol. The number of nitrogens with one attached hydrogen (secondary N) is 1. The topological polar surface area (TPSA) is 65.8 Å². The van der Waals surface area contributed by atoms with Gasteiger partial charge in [-0.05, 0) is 24.1 Å². The van der Waals surface area contributed by atoms with Gasteiger partial charge < -0.3 is 5.32 Å². The summed E-state index contributed by atoms with van der Waals surface area (Å²) in [6.45, 7) is 1.87. The molecule has 0 bridgehead atoms. The van der Waals surface area contributed by atoms with Crippen LogP contribution < -0.4 is 5.32 Å². The molecule has 4 heteroatoms. The van der Waals surface area contributed by atoms with Gasteiger partial charge >= 0.3 is 0 Å². The lowest BCUT2D eigenvalue weighted by Gasteiger charge is -2.16. The van der Waals surface area contributed by atoms with Crippen LogP contribution in [-0.2, 0) is 4.79 Å². The molecule has 0 aliphatic heterocycles. The number of benzene rings is 1. The molecule has 0 radical (unpaired) electrons. The Balaban J connectivity index is 2.10. The Morgan fingerprint density at radius 1 is 1.20 bits per heavy atom. The first kappa shape index (κ1) is 13.8. The van der Waals surface area contributed by atoms with Gasteiger partial charge in [0.2, 0.25) is 5.91 Å². The van der Waals surface area contributed by atoms with E-state index in [-0.39, 0.29) is 11.9 Å². The fraction of sp³-hybridized carbons (Fsp3) is 0.188. The third kappa shape index (κ3) is 3.21.